The van der Waals surface area contributed by atoms with Gasteiger partial charge in [-0.3, -0.25) is 4.98 Å². The Morgan fingerprint density at radius 2 is 1.96 bits per heavy atom. The Bertz CT molecular complexity index is 662. The van der Waals surface area contributed by atoms with Gasteiger partial charge in [-0.25, -0.2) is 9.59 Å². The normalized spacial score (nSPS) is 11.5. The number of alkyl carbamates (subject to hydrolysis) is 1. The number of amides is 1. The number of aromatic nitrogens is 1. The van der Waals surface area contributed by atoms with Crippen molar-refractivity contribution in [2.75, 3.05) is 0 Å². The molecule has 120 valence electrons. The Morgan fingerprint density at radius 3 is 2.57 bits per heavy atom. The number of carbonyl (C=O) groups is 2. The van der Waals surface area contributed by atoms with Gasteiger partial charge >= 0.3 is 12.1 Å². The number of halogens is 1. The van der Waals surface area contributed by atoms with Gasteiger partial charge in [-0.1, -0.05) is 30.3 Å². The second kappa shape index (κ2) is 8.28. The first kappa shape index (κ1) is 17.0. The summed E-state index contributed by atoms with van der Waals surface area (Å²) in [7, 11) is 0. The van der Waals surface area contributed by atoms with E-state index in [0.29, 0.717) is 5.69 Å². The summed E-state index contributed by atoms with van der Waals surface area (Å²) in [6.45, 7) is 0.0789. The quantitative estimate of drug-likeness (QED) is 0.806. The molecule has 0 aliphatic carbocycles. The highest BCUT2D eigenvalue weighted by Gasteiger charge is 2.21. The number of hydrogen-bond donors (Lipinski definition) is 2. The van der Waals surface area contributed by atoms with Gasteiger partial charge in [0.25, 0.3) is 0 Å². The lowest BCUT2D eigenvalue weighted by Crippen LogP contribution is -2.42. The average Bonchev–Trinajstić information content (AvgIpc) is 2.55. The molecule has 1 amide bonds. The van der Waals surface area contributed by atoms with Crippen LogP contribution in [0.5, 0.6) is 0 Å². The van der Waals surface area contributed by atoms with Gasteiger partial charge in [-0.05, 0) is 33.6 Å². The first-order valence-corrected chi connectivity index (χ1v) is 7.64. The molecule has 1 aromatic heterocycles. The summed E-state index contributed by atoms with van der Waals surface area (Å²) in [6.07, 6.45) is 0.865. The summed E-state index contributed by atoms with van der Waals surface area (Å²) >= 11 is 3.26. The van der Waals surface area contributed by atoms with Crippen molar-refractivity contribution in [3.8, 4) is 0 Å². The first-order chi connectivity index (χ1) is 11.0. The summed E-state index contributed by atoms with van der Waals surface area (Å²) < 4.78 is 5.82. The number of nitrogens with one attached hydrogen (secondary N) is 1. The van der Waals surface area contributed by atoms with Gasteiger partial charge in [0.1, 0.15) is 12.6 Å². The van der Waals surface area contributed by atoms with Gasteiger partial charge in [-0.2, -0.15) is 0 Å². The van der Waals surface area contributed by atoms with Gasteiger partial charge in [0, 0.05) is 22.8 Å². The molecule has 0 aliphatic heterocycles. The zero-order valence-corrected chi connectivity index (χ0v) is 13.7. The van der Waals surface area contributed by atoms with E-state index in [1.165, 1.54) is 0 Å². The molecular weight excluding hydrogens is 364 g/mol. The largest absolute Gasteiger partial charge is 0.480 e. The summed E-state index contributed by atoms with van der Waals surface area (Å²) in [6, 6.07) is 11.5. The predicted octanol–water partition coefficient (Wildman–Crippen LogP) is 2.77. The molecule has 0 saturated heterocycles. The summed E-state index contributed by atoms with van der Waals surface area (Å²) in [5, 5.41) is 11.6. The standard InChI is InChI=1S/C16H15BrN2O4/c17-12-6-7-13(18-9-12)8-14(15(20)21)19-16(22)23-10-11-4-2-1-3-5-11/h1-7,9,14H,8,10H2,(H,19,22)(H,20,21). The number of carbonyl (C=O) groups excluding carboxylic acids is 1. The molecule has 0 radical (unpaired) electrons. The number of ether oxygens (including phenoxy) is 1. The van der Waals surface area contributed by atoms with E-state index in [2.05, 4.69) is 26.2 Å². The maximum absolute atomic E-state index is 11.8. The minimum absolute atomic E-state index is 0.0725. The summed E-state index contributed by atoms with van der Waals surface area (Å²) in [5.41, 5.74) is 1.38. The molecule has 0 bridgehead atoms. The zero-order valence-electron chi connectivity index (χ0n) is 12.1. The van der Waals surface area contributed by atoms with Crippen LogP contribution in [0.15, 0.2) is 53.1 Å². The molecule has 1 heterocycles. The molecular formula is C16H15BrN2O4. The number of benzene rings is 1. The number of pyridine rings is 1. The Balaban J connectivity index is 1.89. The van der Waals surface area contributed by atoms with Crippen LogP contribution in [0, 0.1) is 0 Å². The number of nitrogens with zero attached hydrogens (tertiary/aromatic N) is 1. The topological polar surface area (TPSA) is 88.5 Å². The minimum Gasteiger partial charge on any atom is -0.480 e. The van der Waals surface area contributed by atoms with Crippen molar-refractivity contribution < 1.29 is 19.4 Å². The smallest absolute Gasteiger partial charge is 0.408 e. The molecule has 0 saturated carbocycles. The van der Waals surface area contributed by atoms with Crippen molar-refractivity contribution in [2.45, 2.75) is 19.1 Å². The van der Waals surface area contributed by atoms with Gasteiger partial charge in [0.15, 0.2) is 0 Å². The Hall–Kier alpha value is -2.41. The Morgan fingerprint density at radius 1 is 1.22 bits per heavy atom. The Labute approximate surface area is 141 Å². The highest BCUT2D eigenvalue weighted by molar-refractivity contribution is 9.10. The van der Waals surface area contributed by atoms with Crippen LogP contribution in [0.25, 0.3) is 0 Å². The molecule has 1 aromatic carbocycles. The van der Waals surface area contributed by atoms with Crippen LogP contribution in [-0.4, -0.2) is 28.2 Å². The van der Waals surface area contributed by atoms with Crippen LogP contribution in [0.1, 0.15) is 11.3 Å². The van der Waals surface area contributed by atoms with Crippen LogP contribution in [-0.2, 0) is 22.6 Å². The van der Waals surface area contributed by atoms with Crippen LogP contribution in [0.4, 0.5) is 4.79 Å². The van der Waals surface area contributed by atoms with E-state index in [4.69, 9.17) is 4.74 Å². The summed E-state index contributed by atoms with van der Waals surface area (Å²) in [4.78, 5) is 27.1. The zero-order chi connectivity index (χ0) is 16.7. The third-order valence-electron chi connectivity index (χ3n) is 3.00. The predicted molar refractivity (Wildman–Crippen MR) is 86.8 cm³/mol. The van der Waals surface area contributed by atoms with Crippen LogP contribution in [0.3, 0.4) is 0 Å². The van der Waals surface area contributed by atoms with Crippen molar-refractivity contribution in [3.05, 3.63) is 64.4 Å². The molecule has 7 heteroatoms. The molecule has 23 heavy (non-hydrogen) atoms. The Kier molecular flexibility index (Phi) is 6.10. The van der Waals surface area contributed by atoms with Crippen molar-refractivity contribution >= 4 is 28.0 Å². The number of carboxylic acid groups (broad SMARTS) is 1. The maximum Gasteiger partial charge on any atom is 0.408 e. The van der Waals surface area contributed by atoms with Crippen LogP contribution in [0.2, 0.25) is 0 Å². The van der Waals surface area contributed by atoms with Crippen molar-refractivity contribution in [1.82, 2.24) is 10.3 Å². The van der Waals surface area contributed by atoms with Gasteiger partial charge < -0.3 is 15.2 Å². The summed E-state index contributed by atoms with van der Waals surface area (Å²) in [5.74, 6) is -1.15. The number of rotatable bonds is 6. The molecule has 2 N–H and O–H groups in total. The van der Waals surface area contributed by atoms with E-state index in [1.54, 1.807) is 18.3 Å². The lowest BCUT2D eigenvalue weighted by Gasteiger charge is -2.14. The first-order valence-electron chi connectivity index (χ1n) is 6.85. The van der Waals surface area contributed by atoms with E-state index < -0.39 is 18.1 Å². The highest BCUT2D eigenvalue weighted by atomic mass is 79.9. The van der Waals surface area contributed by atoms with Gasteiger partial charge in [0.05, 0.1) is 0 Å². The van der Waals surface area contributed by atoms with Gasteiger partial charge in [0.2, 0.25) is 0 Å². The minimum atomic E-state index is -1.15. The SMILES string of the molecule is O=C(NC(Cc1ccc(Br)cn1)C(=O)O)OCc1ccccc1. The van der Waals surface area contributed by atoms with E-state index >= 15 is 0 Å². The number of carboxylic acids is 1. The third kappa shape index (κ3) is 5.71. The van der Waals surface area contributed by atoms with Crippen LogP contribution >= 0.6 is 15.9 Å². The third-order valence-corrected chi connectivity index (χ3v) is 3.47. The fourth-order valence-electron chi connectivity index (χ4n) is 1.84. The number of aliphatic carboxylic acids is 1. The molecule has 1 atom stereocenters. The molecule has 0 aliphatic rings. The molecule has 2 aromatic rings. The second-order valence-electron chi connectivity index (χ2n) is 4.77. The molecule has 1 unspecified atom stereocenters. The second-order valence-corrected chi connectivity index (χ2v) is 5.68. The van der Waals surface area contributed by atoms with Crippen molar-refractivity contribution in [2.24, 2.45) is 0 Å². The fourth-order valence-corrected chi connectivity index (χ4v) is 2.08. The van der Waals surface area contributed by atoms with E-state index in [0.717, 1.165) is 10.0 Å². The number of hydrogen-bond acceptors (Lipinski definition) is 4. The van der Waals surface area contributed by atoms with Gasteiger partial charge in [-0.15, -0.1) is 0 Å². The van der Waals surface area contributed by atoms with Crippen molar-refractivity contribution in [1.29, 1.82) is 0 Å². The monoisotopic (exact) mass is 378 g/mol. The lowest BCUT2D eigenvalue weighted by atomic mass is 10.1. The molecule has 6 nitrogen and oxygen atoms in total. The van der Waals surface area contributed by atoms with Crippen molar-refractivity contribution in [3.63, 3.8) is 0 Å². The van der Waals surface area contributed by atoms with E-state index in [1.807, 2.05) is 30.3 Å². The highest BCUT2D eigenvalue weighted by Crippen LogP contribution is 2.09. The maximum atomic E-state index is 11.8. The van der Waals surface area contributed by atoms with Crippen LogP contribution < -0.4 is 5.32 Å². The fraction of sp³-hybridized carbons (Fsp3) is 0.188. The molecule has 0 fully saturated rings. The average molecular weight is 379 g/mol. The van der Waals surface area contributed by atoms with E-state index in [9.17, 15) is 14.7 Å². The van der Waals surface area contributed by atoms with E-state index in [-0.39, 0.29) is 13.0 Å². The molecule has 0 spiro atoms. The molecule has 2 rings (SSSR count). The lowest BCUT2D eigenvalue weighted by molar-refractivity contribution is -0.139.